The maximum absolute atomic E-state index is 12.6. The van der Waals surface area contributed by atoms with Crippen molar-refractivity contribution in [3.63, 3.8) is 0 Å². The number of benzene rings is 1. The van der Waals surface area contributed by atoms with E-state index in [0.29, 0.717) is 22.3 Å². The molecule has 24 heavy (non-hydrogen) atoms. The molecular formula is C19H22O4S. The zero-order valence-corrected chi connectivity index (χ0v) is 15.1. The zero-order valence-electron chi connectivity index (χ0n) is 14.3. The molecule has 0 aliphatic heterocycles. The lowest BCUT2D eigenvalue weighted by atomic mass is 9.98. The van der Waals surface area contributed by atoms with E-state index < -0.39 is 5.97 Å². The molecule has 0 spiro atoms. The Morgan fingerprint density at radius 1 is 1.08 bits per heavy atom. The maximum atomic E-state index is 12.6. The Balaban J connectivity index is 2.26. The van der Waals surface area contributed by atoms with E-state index in [1.165, 1.54) is 33.9 Å². The first-order chi connectivity index (χ1) is 11.2. The smallest absolute Gasteiger partial charge is 0.339 e. The summed E-state index contributed by atoms with van der Waals surface area (Å²) in [5.74, 6) is -0.792. The number of ketones is 1. The van der Waals surface area contributed by atoms with Gasteiger partial charge in [0.15, 0.2) is 5.78 Å². The van der Waals surface area contributed by atoms with Crippen molar-refractivity contribution in [2.24, 2.45) is 0 Å². The molecule has 128 valence electrons. The van der Waals surface area contributed by atoms with Crippen LogP contribution in [-0.2, 0) is 6.42 Å². The van der Waals surface area contributed by atoms with Gasteiger partial charge in [-0.15, -0.1) is 11.3 Å². The van der Waals surface area contributed by atoms with E-state index in [2.05, 4.69) is 27.7 Å². The molecule has 0 saturated carbocycles. The van der Waals surface area contributed by atoms with E-state index >= 15 is 0 Å². The molecule has 0 bridgehead atoms. The normalized spacial score (nSPS) is 11.2. The molecule has 0 amide bonds. The quantitative estimate of drug-likeness (QED) is 0.735. The molecular weight excluding hydrogens is 324 g/mol. The summed E-state index contributed by atoms with van der Waals surface area (Å²) in [6.07, 6.45) is 0.142. The Morgan fingerprint density at radius 3 is 2.21 bits per heavy atom. The Morgan fingerprint density at radius 2 is 1.75 bits per heavy atom. The molecule has 1 aromatic heterocycles. The predicted octanol–water partition coefficient (Wildman–Crippen LogP) is 4.82. The molecule has 0 atom stereocenters. The lowest BCUT2D eigenvalue weighted by Crippen LogP contribution is -2.03. The van der Waals surface area contributed by atoms with E-state index in [4.69, 9.17) is 5.11 Å². The molecule has 0 radical (unpaired) electrons. The highest BCUT2D eigenvalue weighted by molar-refractivity contribution is 7.14. The van der Waals surface area contributed by atoms with E-state index in [1.807, 2.05) is 6.07 Å². The minimum absolute atomic E-state index is 0.0173. The average Bonchev–Trinajstić information content (AvgIpc) is 2.92. The van der Waals surface area contributed by atoms with Crippen LogP contribution in [0, 0.1) is 0 Å². The van der Waals surface area contributed by atoms with Gasteiger partial charge in [-0.2, -0.15) is 0 Å². The van der Waals surface area contributed by atoms with Gasteiger partial charge in [0, 0.05) is 11.3 Å². The third-order valence-electron chi connectivity index (χ3n) is 3.87. The molecule has 1 aromatic carbocycles. The highest BCUT2D eigenvalue weighted by Gasteiger charge is 2.19. The lowest BCUT2D eigenvalue weighted by Gasteiger charge is -2.08. The van der Waals surface area contributed by atoms with Crippen molar-refractivity contribution in [1.29, 1.82) is 0 Å². The highest BCUT2D eigenvalue weighted by Crippen LogP contribution is 2.34. The number of rotatable bonds is 6. The Labute approximate surface area is 145 Å². The lowest BCUT2D eigenvalue weighted by molar-refractivity contribution is 0.0693. The second-order valence-electron chi connectivity index (χ2n) is 6.50. The topological polar surface area (TPSA) is 74.6 Å². The van der Waals surface area contributed by atoms with Crippen LogP contribution in [-0.4, -0.2) is 22.0 Å². The number of hydrogen-bond acceptors (Lipinski definition) is 4. The van der Waals surface area contributed by atoms with Gasteiger partial charge in [0.25, 0.3) is 0 Å². The molecule has 5 heteroatoms. The van der Waals surface area contributed by atoms with Crippen molar-refractivity contribution < 1.29 is 19.8 Å². The fourth-order valence-electron chi connectivity index (χ4n) is 2.60. The number of hydrogen-bond donors (Lipinski definition) is 2. The van der Waals surface area contributed by atoms with Crippen LogP contribution in [0.2, 0.25) is 0 Å². The van der Waals surface area contributed by atoms with E-state index in [0.717, 1.165) is 0 Å². The zero-order chi connectivity index (χ0) is 18.0. The van der Waals surface area contributed by atoms with Gasteiger partial charge in [-0.05, 0) is 41.2 Å². The number of thiophene rings is 1. The van der Waals surface area contributed by atoms with Crippen molar-refractivity contribution in [2.75, 3.05) is 0 Å². The monoisotopic (exact) mass is 346 g/mol. The van der Waals surface area contributed by atoms with Gasteiger partial charge in [0.2, 0.25) is 0 Å². The average molecular weight is 346 g/mol. The third kappa shape index (κ3) is 3.85. The first kappa shape index (κ1) is 18.2. The van der Waals surface area contributed by atoms with Crippen molar-refractivity contribution in [1.82, 2.24) is 0 Å². The number of aromatic hydroxyl groups is 1. The summed E-state index contributed by atoms with van der Waals surface area (Å²) in [6.45, 7) is 8.47. The first-order valence-corrected chi connectivity index (χ1v) is 8.74. The molecule has 4 nitrogen and oxygen atoms in total. The van der Waals surface area contributed by atoms with Crippen LogP contribution in [0.5, 0.6) is 5.75 Å². The fraction of sp³-hybridized carbons (Fsp3) is 0.368. The molecule has 2 N–H and O–H groups in total. The molecule has 1 heterocycles. The molecule has 2 aromatic rings. The van der Waals surface area contributed by atoms with Crippen molar-refractivity contribution in [3.05, 3.63) is 50.7 Å². The highest BCUT2D eigenvalue weighted by atomic mass is 32.1. The summed E-state index contributed by atoms with van der Waals surface area (Å²) < 4.78 is 0. The number of carboxylic acids is 1. The van der Waals surface area contributed by atoms with Crippen LogP contribution in [0.15, 0.2) is 24.3 Å². The van der Waals surface area contributed by atoms with Gasteiger partial charge >= 0.3 is 5.97 Å². The van der Waals surface area contributed by atoms with Crippen LogP contribution in [0.4, 0.5) is 0 Å². The largest absolute Gasteiger partial charge is 0.507 e. The number of aromatic carboxylic acids is 1. The maximum Gasteiger partial charge on any atom is 0.339 e. The van der Waals surface area contributed by atoms with E-state index in [1.54, 1.807) is 6.07 Å². The van der Waals surface area contributed by atoms with Crippen LogP contribution in [0.1, 0.15) is 75.6 Å². The van der Waals surface area contributed by atoms with E-state index in [-0.39, 0.29) is 23.5 Å². The molecule has 0 saturated heterocycles. The van der Waals surface area contributed by atoms with E-state index in [9.17, 15) is 14.7 Å². The minimum Gasteiger partial charge on any atom is -0.507 e. The second kappa shape index (κ2) is 7.18. The number of phenols is 1. The summed E-state index contributed by atoms with van der Waals surface area (Å²) in [5.41, 5.74) is 1.65. The summed E-state index contributed by atoms with van der Waals surface area (Å²) >= 11 is 1.53. The fourth-order valence-corrected chi connectivity index (χ4v) is 3.86. The Kier molecular flexibility index (Phi) is 5.44. The minimum atomic E-state index is -1.19. The summed E-state index contributed by atoms with van der Waals surface area (Å²) in [7, 11) is 0. The third-order valence-corrected chi connectivity index (χ3v) is 5.36. The Hall–Kier alpha value is -2.14. The molecule has 0 aliphatic carbocycles. The SMILES string of the molecule is CC(C)c1cc(C(=O)Cc2ccc(C(=O)O)c(O)c2)sc1C(C)C. The number of Topliss-reactive ketones (excluding diaryl/α,β-unsaturated/α-hetero) is 1. The van der Waals surface area contributed by atoms with Crippen LogP contribution < -0.4 is 0 Å². The number of carboxylic acid groups (broad SMARTS) is 1. The Bertz CT molecular complexity index is 746. The second-order valence-corrected chi connectivity index (χ2v) is 7.58. The molecule has 2 rings (SSSR count). The first-order valence-electron chi connectivity index (χ1n) is 7.92. The van der Waals surface area contributed by atoms with Gasteiger partial charge in [0.1, 0.15) is 11.3 Å². The molecule has 0 aliphatic rings. The van der Waals surface area contributed by atoms with Gasteiger partial charge < -0.3 is 10.2 Å². The molecule has 0 fully saturated rings. The summed E-state index contributed by atoms with van der Waals surface area (Å²) in [6, 6.07) is 6.22. The molecule has 0 unspecified atom stereocenters. The van der Waals surface area contributed by atoms with Crippen LogP contribution in [0.25, 0.3) is 0 Å². The summed E-state index contributed by atoms with van der Waals surface area (Å²) in [5, 5.41) is 18.7. The van der Waals surface area contributed by atoms with Crippen molar-refractivity contribution in [3.8, 4) is 5.75 Å². The van der Waals surface area contributed by atoms with Gasteiger partial charge in [0.05, 0.1) is 4.88 Å². The van der Waals surface area contributed by atoms with Crippen molar-refractivity contribution >= 4 is 23.1 Å². The number of carbonyl (C=O) groups excluding carboxylic acids is 1. The summed E-state index contributed by atoms with van der Waals surface area (Å²) in [4.78, 5) is 25.4. The standard InChI is InChI=1S/C19H22O4S/c1-10(2)14-9-17(24-18(14)11(3)4)16(21)8-12-5-6-13(19(22)23)15(20)7-12/h5-7,9-11,20H,8H2,1-4H3,(H,22,23). The van der Waals surface area contributed by atoms with Gasteiger partial charge in [-0.25, -0.2) is 4.79 Å². The van der Waals surface area contributed by atoms with Gasteiger partial charge in [-0.1, -0.05) is 33.8 Å². The van der Waals surface area contributed by atoms with Crippen LogP contribution >= 0.6 is 11.3 Å². The van der Waals surface area contributed by atoms with Crippen molar-refractivity contribution in [2.45, 2.75) is 46.0 Å². The van der Waals surface area contributed by atoms with Crippen LogP contribution in [0.3, 0.4) is 0 Å². The number of carbonyl (C=O) groups is 2. The predicted molar refractivity (Wildman–Crippen MR) is 95.6 cm³/mol. The van der Waals surface area contributed by atoms with Gasteiger partial charge in [-0.3, -0.25) is 4.79 Å².